The number of fused-ring (bicyclic) bond motifs is 10. The Labute approximate surface area is 254 Å². The molecule has 0 radical (unpaired) electrons. The number of aromatic nitrogens is 2. The summed E-state index contributed by atoms with van der Waals surface area (Å²) >= 11 is 0. The molecular weight excluding hydrogens is 532 g/mol. The maximum absolute atomic E-state index is 2.52. The van der Waals surface area contributed by atoms with Crippen LogP contribution in [0.1, 0.15) is 0 Å². The van der Waals surface area contributed by atoms with Gasteiger partial charge in [0.05, 0.1) is 27.6 Å². The Morgan fingerprint density at radius 2 is 0.795 bits per heavy atom. The Morgan fingerprint density at radius 1 is 0.318 bits per heavy atom. The van der Waals surface area contributed by atoms with Gasteiger partial charge in [-0.05, 0) is 64.7 Å². The highest BCUT2D eigenvalue weighted by molar-refractivity contribution is 6.34. The normalized spacial score (nSPS) is 12.1. The van der Waals surface area contributed by atoms with Crippen molar-refractivity contribution >= 4 is 59.9 Å². The summed E-state index contributed by atoms with van der Waals surface area (Å²) in [4.78, 5) is 0. The van der Waals surface area contributed by atoms with Gasteiger partial charge < -0.3 is 8.97 Å². The van der Waals surface area contributed by atoms with Crippen LogP contribution in [0.2, 0.25) is 0 Å². The molecule has 3 aromatic heterocycles. The smallest absolute Gasteiger partial charge is 0.0642 e. The second-order valence-electron chi connectivity index (χ2n) is 11.8. The fourth-order valence-corrected chi connectivity index (χ4v) is 7.56. The average Bonchev–Trinajstić information content (AvgIpc) is 3.73. The first-order valence-corrected chi connectivity index (χ1v) is 15.2. The van der Waals surface area contributed by atoms with Crippen LogP contribution in [-0.2, 0) is 0 Å². The summed E-state index contributed by atoms with van der Waals surface area (Å²) in [6, 6.07) is 57.6. The van der Waals surface area contributed by atoms with Gasteiger partial charge in [-0.15, -0.1) is 0 Å². The Kier molecular flexibility index (Phi) is 4.75. The maximum Gasteiger partial charge on any atom is 0.0642 e. The molecule has 0 saturated heterocycles. The molecule has 0 saturated carbocycles. The lowest BCUT2D eigenvalue weighted by Crippen LogP contribution is -1.96. The van der Waals surface area contributed by atoms with Crippen molar-refractivity contribution in [1.29, 1.82) is 0 Å². The minimum atomic E-state index is 1.17. The van der Waals surface area contributed by atoms with Crippen molar-refractivity contribution in [3.8, 4) is 27.9 Å². The molecule has 0 atom stereocenters. The van der Waals surface area contributed by atoms with E-state index in [-0.39, 0.29) is 0 Å². The summed E-state index contributed by atoms with van der Waals surface area (Å²) in [5, 5.41) is 7.77. The van der Waals surface area contributed by atoms with E-state index in [2.05, 4.69) is 167 Å². The molecule has 0 aliphatic rings. The number of nitrogens with zero attached hydrogens (tertiary/aromatic N) is 2. The number of para-hydroxylation sites is 3. The van der Waals surface area contributed by atoms with Crippen molar-refractivity contribution in [3.63, 3.8) is 0 Å². The van der Waals surface area contributed by atoms with Gasteiger partial charge in [-0.25, -0.2) is 0 Å². The van der Waals surface area contributed by atoms with E-state index in [0.29, 0.717) is 0 Å². The number of benzene rings is 7. The third-order valence-corrected chi connectivity index (χ3v) is 9.39. The van der Waals surface area contributed by atoms with Crippen molar-refractivity contribution in [2.24, 2.45) is 0 Å². The van der Waals surface area contributed by atoms with E-state index in [9.17, 15) is 0 Å². The molecule has 2 heteroatoms. The van der Waals surface area contributed by atoms with Gasteiger partial charge in [-0.2, -0.15) is 0 Å². The lowest BCUT2D eigenvalue weighted by Gasteiger charge is -2.14. The van der Waals surface area contributed by atoms with Crippen molar-refractivity contribution in [1.82, 2.24) is 8.97 Å². The monoisotopic (exact) mass is 558 g/mol. The molecule has 0 spiro atoms. The van der Waals surface area contributed by atoms with Crippen LogP contribution in [0, 0.1) is 0 Å². The quantitative estimate of drug-likeness (QED) is 0.204. The molecule has 0 aliphatic heterocycles. The third-order valence-electron chi connectivity index (χ3n) is 9.39. The van der Waals surface area contributed by atoms with E-state index < -0.39 is 0 Å². The summed E-state index contributed by atoms with van der Waals surface area (Å²) < 4.78 is 5.00. The summed E-state index contributed by atoms with van der Waals surface area (Å²) in [6.07, 6.45) is 0. The lowest BCUT2D eigenvalue weighted by molar-refractivity contribution is 1.19. The third kappa shape index (κ3) is 3.14. The van der Waals surface area contributed by atoms with Gasteiger partial charge >= 0.3 is 0 Å². The predicted octanol–water partition coefficient (Wildman–Crippen LogP) is 11.3. The van der Waals surface area contributed by atoms with Gasteiger partial charge in [0, 0.05) is 38.0 Å². The highest BCUT2D eigenvalue weighted by atomic mass is 15.0. The van der Waals surface area contributed by atoms with E-state index in [1.165, 1.54) is 87.8 Å². The summed E-state index contributed by atoms with van der Waals surface area (Å²) in [5.41, 5.74) is 12.3. The standard InChI is InChI=1S/C42H26N2/c1-3-13-27(14-4-1)29-23-30(28-15-5-2-6-16-28)25-31(24-29)43-37-20-10-7-17-32(37)35-26-36-33-18-8-11-21-38(33)44-39-22-12-9-19-34(39)40(41(35)43)42(36)44/h1-26H. The van der Waals surface area contributed by atoms with Gasteiger partial charge in [-0.1, -0.05) is 115 Å². The molecule has 0 unspecified atom stereocenters. The zero-order valence-corrected chi connectivity index (χ0v) is 23.9. The highest BCUT2D eigenvalue weighted by Gasteiger charge is 2.24. The molecule has 0 fully saturated rings. The van der Waals surface area contributed by atoms with Crippen molar-refractivity contribution in [2.75, 3.05) is 0 Å². The Morgan fingerprint density at radius 3 is 1.43 bits per heavy atom. The van der Waals surface area contributed by atoms with Gasteiger partial charge in [0.15, 0.2) is 0 Å². The molecule has 10 aromatic rings. The van der Waals surface area contributed by atoms with Crippen molar-refractivity contribution in [2.45, 2.75) is 0 Å². The molecule has 0 amide bonds. The number of hydrogen-bond acceptors (Lipinski definition) is 0. The topological polar surface area (TPSA) is 9.34 Å². The fourth-order valence-electron chi connectivity index (χ4n) is 7.56. The van der Waals surface area contributed by atoms with Gasteiger partial charge in [0.1, 0.15) is 0 Å². The Hall–Kier alpha value is -5.86. The van der Waals surface area contributed by atoms with E-state index in [0.717, 1.165) is 0 Å². The zero-order chi connectivity index (χ0) is 28.8. The molecule has 204 valence electrons. The van der Waals surface area contributed by atoms with Crippen LogP contribution in [-0.4, -0.2) is 8.97 Å². The van der Waals surface area contributed by atoms with E-state index in [4.69, 9.17) is 0 Å². The molecule has 0 N–H and O–H groups in total. The minimum absolute atomic E-state index is 1.17. The molecular formula is C42H26N2. The SMILES string of the molecule is c1ccc(-c2cc(-c3ccccc3)cc(-n3c4ccccc4c4cc5c6ccccc6n6c7ccccc7c(c43)c56)c2)cc1. The average molecular weight is 559 g/mol. The second kappa shape index (κ2) is 8.82. The fraction of sp³-hybridized carbons (Fsp3) is 0. The van der Waals surface area contributed by atoms with Crippen molar-refractivity contribution < 1.29 is 0 Å². The molecule has 0 bridgehead atoms. The van der Waals surface area contributed by atoms with Gasteiger partial charge in [-0.3, -0.25) is 0 Å². The summed E-state index contributed by atoms with van der Waals surface area (Å²) in [5.74, 6) is 0. The number of rotatable bonds is 3. The first-order chi connectivity index (χ1) is 21.8. The van der Waals surface area contributed by atoms with E-state index in [1.54, 1.807) is 0 Å². The van der Waals surface area contributed by atoms with Crippen LogP contribution in [0.4, 0.5) is 0 Å². The van der Waals surface area contributed by atoms with Crippen LogP contribution >= 0.6 is 0 Å². The predicted molar refractivity (Wildman–Crippen MR) is 186 cm³/mol. The van der Waals surface area contributed by atoms with Crippen LogP contribution < -0.4 is 0 Å². The first-order valence-electron chi connectivity index (χ1n) is 15.2. The molecule has 0 aliphatic carbocycles. The largest absolute Gasteiger partial charge is 0.308 e. The molecule has 3 heterocycles. The molecule has 2 nitrogen and oxygen atoms in total. The summed E-state index contributed by atoms with van der Waals surface area (Å²) in [7, 11) is 0. The molecule has 10 rings (SSSR count). The van der Waals surface area contributed by atoms with E-state index >= 15 is 0 Å². The van der Waals surface area contributed by atoms with Gasteiger partial charge in [0.25, 0.3) is 0 Å². The lowest BCUT2D eigenvalue weighted by atomic mass is 9.98. The molecule has 7 aromatic carbocycles. The highest BCUT2D eigenvalue weighted by Crippen LogP contribution is 2.46. The van der Waals surface area contributed by atoms with Crippen LogP contribution in [0.5, 0.6) is 0 Å². The van der Waals surface area contributed by atoms with E-state index in [1.807, 2.05) is 0 Å². The zero-order valence-electron chi connectivity index (χ0n) is 23.9. The van der Waals surface area contributed by atoms with Gasteiger partial charge in [0.2, 0.25) is 0 Å². The Bertz CT molecular complexity index is 2630. The van der Waals surface area contributed by atoms with Crippen LogP contribution in [0.15, 0.2) is 158 Å². The minimum Gasteiger partial charge on any atom is -0.308 e. The molecule has 44 heavy (non-hydrogen) atoms. The second-order valence-corrected chi connectivity index (χ2v) is 11.8. The van der Waals surface area contributed by atoms with Crippen LogP contribution in [0.25, 0.3) is 87.8 Å². The van der Waals surface area contributed by atoms with Crippen molar-refractivity contribution in [3.05, 3.63) is 158 Å². The number of hydrogen-bond donors (Lipinski definition) is 0. The summed E-state index contributed by atoms with van der Waals surface area (Å²) in [6.45, 7) is 0. The first kappa shape index (κ1) is 23.7. The maximum atomic E-state index is 2.52. The van der Waals surface area contributed by atoms with Crippen LogP contribution in [0.3, 0.4) is 0 Å². The Balaban J connectivity index is 1.43.